The fourth-order valence-electron chi connectivity index (χ4n) is 3.66. The van der Waals surface area contributed by atoms with Crippen molar-refractivity contribution in [1.82, 2.24) is 0 Å². The maximum Gasteiger partial charge on any atom is 0.338 e. The van der Waals surface area contributed by atoms with Crippen LogP contribution >= 0.6 is 24.8 Å². The Bertz CT molecular complexity index is 1020. The van der Waals surface area contributed by atoms with E-state index in [4.69, 9.17) is 17.0 Å². The summed E-state index contributed by atoms with van der Waals surface area (Å²) in [4.78, 5) is 12.3. The number of rotatable bonds is 16. The molecular weight excluding hydrogens is 493 g/mol. The molecule has 0 N–H and O–H groups in total. The molecule has 0 saturated heterocycles. The van der Waals surface area contributed by atoms with Gasteiger partial charge in [-0.25, -0.2) is 9.18 Å². The average Bonchev–Trinajstić information content (AvgIpc) is 2.87. The minimum absolute atomic E-state index is 0.0721. The number of quaternary nitrogens is 1. The minimum Gasteiger partial charge on any atom is -0.621 e. The van der Waals surface area contributed by atoms with Crippen LogP contribution in [0.5, 0.6) is 0 Å². The quantitative estimate of drug-likeness (QED) is 0.0451. The van der Waals surface area contributed by atoms with Gasteiger partial charge in [-0.2, -0.15) is 0 Å². The van der Waals surface area contributed by atoms with Crippen molar-refractivity contribution in [2.45, 2.75) is 64.8 Å². The molecule has 0 bridgehead atoms. The summed E-state index contributed by atoms with van der Waals surface area (Å²) >= 11 is 9.32. The first-order valence-electron chi connectivity index (χ1n) is 12.5. The molecule has 0 aliphatic heterocycles. The fraction of sp³-hybridized carbons (Fsp3) is 0.379. The van der Waals surface area contributed by atoms with E-state index in [1.54, 1.807) is 42.5 Å². The average molecular weight is 530 g/mol. The van der Waals surface area contributed by atoms with E-state index in [-0.39, 0.29) is 17.5 Å². The highest BCUT2D eigenvalue weighted by atomic mass is 32.1. The molecular formula is C29H36FNO3S2. The highest BCUT2D eigenvalue weighted by Gasteiger charge is 2.20. The van der Waals surface area contributed by atoms with Crippen LogP contribution in [0.4, 0.5) is 4.39 Å². The molecule has 1 unspecified atom stereocenters. The summed E-state index contributed by atoms with van der Waals surface area (Å²) < 4.78 is 17.9. The number of benzene rings is 2. The lowest BCUT2D eigenvalue weighted by Gasteiger charge is -2.37. The van der Waals surface area contributed by atoms with Crippen molar-refractivity contribution < 1.29 is 18.6 Å². The number of nitrogens with zero attached hydrogens (tertiary/aromatic N) is 1. The predicted molar refractivity (Wildman–Crippen MR) is 153 cm³/mol. The number of halogens is 1. The lowest BCUT2D eigenvalue weighted by atomic mass is 10.1. The van der Waals surface area contributed by atoms with E-state index >= 15 is 0 Å². The van der Waals surface area contributed by atoms with Crippen LogP contribution in [0.3, 0.4) is 0 Å². The van der Waals surface area contributed by atoms with Crippen molar-refractivity contribution in [3.8, 4) is 0 Å². The van der Waals surface area contributed by atoms with Gasteiger partial charge in [0.2, 0.25) is 0 Å². The van der Waals surface area contributed by atoms with E-state index in [1.165, 1.54) is 31.4 Å². The molecule has 1 atom stereocenters. The fourth-order valence-corrected chi connectivity index (χ4v) is 4.20. The van der Waals surface area contributed by atoms with Crippen molar-refractivity contribution in [3.05, 3.63) is 93.4 Å². The molecule has 0 saturated carbocycles. The third kappa shape index (κ3) is 10.7. The highest BCUT2D eigenvalue weighted by molar-refractivity contribution is 7.84. The number of allylic oxidation sites excluding steroid dienone is 2. The number of thiocarbonyl (C=S) groups is 1. The number of unbranched alkanes of at least 4 members (excludes halogenated alkanes) is 6. The Kier molecular flexibility index (Phi) is 13.6. The molecule has 4 nitrogen and oxygen atoms in total. The van der Waals surface area contributed by atoms with Crippen molar-refractivity contribution in [3.63, 3.8) is 0 Å². The molecule has 0 aromatic heterocycles. The summed E-state index contributed by atoms with van der Waals surface area (Å²) in [5.74, 6) is -0.778. The number of ether oxygens (including phenoxy) is 1. The Hall–Kier alpha value is -2.32. The normalized spacial score (nSPS) is 13.5. The van der Waals surface area contributed by atoms with Crippen LogP contribution in [0.1, 0.15) is 79.8 Å². The van der Waals surface area contributed by atoms with E-state index in [9.17, 15) is 14.4 Å². The number of hydroxylamine groups is 3. The monoisotopic (exact) mass is 529 g/mol. The van der Waals surface area contributed by atoms with Gasteiger partial charge in [-0.05, 0) is 67.7 Å². The zero-order valence-corrected chi connectivity index (χ0v) is 22.6. The summed E-state index contributed by atoms with van der Waals surface area (Å²) in [6.07, 6.45) is 15.1. The van der Waals surface area contributed by atoms with Gasteiger partial charge in [-0.3, -0.25) is 4.65 Å². The van der Waals surface area contributed by atoms with Gasteiger partial charge < -0.3 is 9.94 Å². The number of thiol groups is 1. The number of hydrogen-bond acceptors (Lipinski definition) is 5. The molecule has 2 aromatic rings. The maximum atomic E-state index is 13.5. The summed E-state index contributed by atoms with van der Waals surface area (Å²) in [7, 11) is 0. The molecule has 0 aliphatic rings. The second-order valence-electron chi connectivity index (χ2n) is 8.74. The molecule has 7 heteroatoms. The molecule has 0 amide bonds. The summed E-state index contributed by atoms with van der Waals surface area (Å²) in [5.41, 5.74) is 2.71. The van der Waals surface area contributed by atoms with Crippen LogP contribution in [-0.4, -0.2) is 22.7 Å². The standard InChI is InChI=1S/C29H36FNO3S2/c1-2-3-4-5-6-7-8-9-10-11-19-34-29(32)26-17-15-24(16-18-26)21-28(36)31(33,23-35)22-25-13-12-14-27(30)20-25/h3-4,12-18,20-21,23,36H,2,5-11,19,22H2,1H3/b4-3-,28-21-. The van der Waals surface area contributed by atoms with Gasteiger partial charge in [0.15, 0.2) is 10.5 Å². The molecule has 36 heavy (non-hydrogen) atoms. The van der Waals surface area contributed by atoms with Gasteiger partial charge in [0.25, 0.3) is 0 Å². The third-order valence-corrected chi connectivity index (χ3v) is 6.52. The van der Waals surface area contributed by atoms with E-state index in [0.717, 1.165) is 37.6 Å². The molecule has 0 heterocycles. The van der Waals surface area contributed by atoms with Crippen LogP contribution in [-0.2, 0) is 11.3 Å². The Morgan fingerprint density at radius 1 is 1.06 bits per heavy atom. The topological polar surface area (TPSA) is 49.4 Å². The van der Waals surface area contributed by atoms with Crippen molar-refractivity contribution in [1.29, 1.82) is 0 Å². The zero-order chi connectivity index (χ0) is 26.2. The van der Waals surface area contributed by atoms with Crippen LogP contribution in [0.2, 0.25) is 0 Å². The first kappa shape index (κ1) is 29.9. The summed E-state index contributed by atoms with van der Waals surface area (Å²) in [6, 6.07) is 12.6. The van der Waals surface area contributed by atoms with Gasteiger partial charge in [0.05, 0.1) is 12.2 Å². The first-order valence-corrected chi connectivity index (χ1v) is 13.4. The van der Waals surface area contributed by atoms with Gasteiger partial charge in [0.1, 0.15) is 12.4 Å². The first-order chi connectivity index (χ1) is 17.4. The second kappa shape index (κ2) is 16.4. The Balaban J connectivity index is 1.78. The smallest absolute Gasteiger partial charge is 0.338 e. The van der Waals surface area contributed by atoms with E-state index < -0.39 is 10.5 Å². The van der Waals surface area contributed by atoms with Gasteiger partial charge in [-0.1, -0.05) is 81.7 Å². The number of carbonyl (C=O) groups is 1. The molecule has 194 valence electrons. The summed E-state index contributed by atoms with van der Waals surface area (Å²) in [6.45, 7) is 2.48. The van der Waals surface area contributed by atoms with Crippen LogP contribution in [0.25, 0.3) is 6.08 Å². The molecule has 0 fully saturated rings. The van der Waals surface area contributed by atoms with E-state index in [2.05, 4.69) is 31.7 Å². The van der Waals surface area contributed by atoms with Gasteiger partial charge >= 0.3 is 5.97 Å². The highest BCUT2D eigenvalue weighted by Crippen LogP contribution is 2.25. The minimum atomic E-state index is -1.01. The second-order valence-corrected chi connectivity index (χ2v) is 9.41. The van der Waals surface area contributed by atoms with Gasteiger partial charge in [-0.15, -0.1) is 0 Å². The van der Waals surface area contributed by atoms with E-state index in [0.29, 0.717) is 23.3 Å². The number of hydrogen-bond donors (Lipinski definition) is 1. The molecule has 0 aliphatic carbocycles. The predicted octanol–water partition coefficient (Wildman–Crippen LogP) is 8.38. The Morgan fingerprint density at radius 3 is 2.42 bits per heavy atom. The number of esters is 1. The third-order valence-electron chi connectivity index (χ3n) is 5.71. The van der Waals surface area contributed by atoms with Crippen molar-refractivity contribution in [2.24, 2.45) is 0 Å². The SMILES string of the molecule is CC/C=C\CCCCCCCCOC(=O)c1ccc(/C=C(\S)[N+]([O-])(C=S)Cc2cccc(F)c2)cc1. The molecule has 2 aromatic carbocycles. The lowest BCUT2D eigenvalue weighted by Crippen LogP contribution is -2.36. The molecule has 0 spiro atoms. The van der Waals surface area contributed by atoms with Gasteiger partial charge in [0, 0.05) is 11.6 Å². The Morgan fingerprint density at radius 2 is 1.75 bits per heavy atom. The van der Waals surface area contributed by atoms with Crippen LogP contribution < -0.4 is 0 Å². The maximum absolute atomic E-state index is 13.5. The number of carbonyl (C=O) groups excluding carboxylic acids is 1. The van der Waals surface area contributed by atoms with Crippen molar-refractivity contribution >= 4 is 42.4 Å². The lowest BCUT2D eigenvalue weighted by molar-refractivity contribution is -0.742. The van der Waals surface area contributed by atoms with E-state index in [1.807, 2.05) is 0 Å². The summed E-state index contributed by atoms with van der Waals surface area (Å²) in [5, 5.41) is 13.3. The van der Waals surface area contributed by atoms with Crippen molar-refractivity contribution in [2.75, 3.05) is 6.61 Å². The molecule has 0 radical (unpaired) electrons. The van der Waals surface area contributed by atoms with Crippen LogP contribution in [0.15, 0.2) is 65.7 Å². The largest absolute Gasteiger partial charge is 0.621 e. The van der Waals surface area contributed by atoms with Crippen LogP contribution in [0, 0.1) is 11.0 Å². The molecule has 2 rings (SSSR count). The zero-order valence-electron chi connectivity index (χ0n) is 20.9. The Labute approximate surface area is 225 Å².